The zero-order valence-corrected chi connectivity index (χ0v) is 24.6. The summed E-state index contributed by atoms with van der Waals surface area (Å²) >= 11 is 0. The fourth-order valence-corrected chi connectivity index (χ4v) is 4.84. The Bertz CT molecular complexity index is 1520. The van der Waals surface area contributed by atoms with Crippen molar-refractivity contribution in [2.75, 3.05) is 30.4 Å². The Balaban J connectivity index is 2.05. The van der Waals surface area contributed by atoms with Crippen molar-refractivity contribution < 1.29 is 34.2 Å². The molecule has 43 heavy (non-hydrogen) atoms. The first kappa shape index (κ1) is 31.1. The van der Waals surface area contributed by atoms with Crippen LogP contribution in [-0.2, 0) is 0 Å². The summed E-state index contributed by atoms with van der Waals surface area (Å²) in [5.74, 6) is -2.05. The van der Waals surface area contributed by atoms with Crippen LogP contribution in [0.5, 0.6) is 23.0 Å². The van der Waals surface area contributed by atoms with E-state index in [-0.39, 0.29) is 52.7 Å². The Morgan fingerprint density at radius 2 is 1.21 bits per heavy atom. The number of aromatic hydroxyl groups is 2. The van der Waals surface area contributed by atoms with E-state index in [1.165, 1.54) is 30.3 Å². The van der Waals surface area contributed by atoms with Crippen molar-refractivity contribution in [2.45, 2.75) is 59.3 Å². The summed E-state index contributed by atoms with van der Waals surface area (Å²) in [5, 5.41) is 39.2. The molecule has 228 valence electrons. The number of benzene rings is 3. The summed E-state index contributed by atoms with van der Waals surface area (Å²) in [6.07, 6.45) is 4.62. The smallest absolute Gasteiger partial charge is 0.269 e. The largest absolute Gasteiger partial charge is 0.507 e. The van der Waals surface area contributed by atoms with Crippen molar-refractivity contribution in [3.05, 3.63) is 68.8 Å². The number of nitrogens with one attached hydrogen (secondary N) is 2. The summed E-state index contributed by atoms with van der Waals surface area (Å²) in [6.45, 7) is 7.01. The minimum absolute atomic E-state index is 0.0609. The highest BCUT2D eigenvalue weighted by Gasteiger charge is 2.42. The van der Waals surface area contributed by atoms with Gasteiger partial charge >= 0.3 is 0 Å². The molecule has 0 unspecified atom stereocenters. The lowest BCUT2D eigenvalue weighted by Crippen LogP contribution is -2.25. The van der Waals surface area contributed by atoms with Crippen molar-refractivity contribution in [1.29, 1.82) is 0 Å². The third-order valence-electron chi connectivity index (χ3n) is 7.15. The van der Waals surface area contributed by atoms with Gasteiger partial charge in [-0.15, -0.1) is 0 Å². The van der Waals surface area contributed by atoms with Crippen LogP contribution in [-0.4, -0.2) is 46.5 Å². The molecule has 4 N–H and O–H groups in total. The van der Waals surface area contributed by atoms with E-state index in [0.717, 1.165) is 31.7 Å². The second-order valence-electron chi connectivity index (χ2n) is 10.3. The molecule has 0 bridgehead atoms. The Labute approximate surface area is 250 Å². The average molecular weight is 592 g/mol. The molecule has 3 aromatic rings. The van der Waals surface area contributed by atoms with E-state index in [1.54, 1.807) is 0 Å². The number of phenolic OH excluding ortho intramolecular Hbond substituents is 2. The first-order valence-corrected chi connectivity index (χ1v) is 14.6. The molecule has 11 heteroatoms. The van der Waals surface area contributed by atoms with Crippen LogP contribution in [0.15, 0.2) is 36.4 Å². The molecule has 1 aliphatic carbocycles. The van der Waals surface area contributed by atoms with Gasteiger partial charge < -0.3 is 30.3 Å². The molecule has 0 spiro atoms. The van der Waals surface area contributed by atoms with E-state index in [4.69, 9.17) is 9.47 Å². The minimum atomic E-state index is -0.698. The standard InChI is InChI=1S/C32H37N3O8/c1-4-7-16-33-27-28(34-19-10-12-20(13-11-19)35(40)41)32(43-18-9-6-3)26-25(31(27)42-17-8-5-2)29(38)23-21(36)14-15-22(37)24(23)30(26)39/h10-15,33-34,36-37H,4-9,16-18H2,1-3H3. The molecule has 0 saturated heterocycles. The van der Waals surface area contributed by atoms with Crippen LogP contribution in [0.2, 0.25) is 0 Å². The fraction of sp³-hybridized carbons (Fsp3) is 0.375. The minimum Gasteiger partial charge on any atom is -0.507 e. The second kappa shape index (κ2) is 13.9. The molecule has 0 atom stereocenters. The monoisotopic (exact) mass is 591 g/mol. The van der Waals surface area contributed by atoms with Crippen LogP contribution < -0.4 is 20.1 Å². The number of unbranched alkanes of at least 4 members (excludes halogenated alkanes) is 3. The number of hydrogen-bond donors (Lipinski definition) is 4. The second-order valence-corrected chi connectivity index (χ2v) is 10.3. The van der Waals surface area contributed by atoms with Gasteiger partial charge in [-0.1, -0.05) is 40.0 Å². The number of hydrogen-bond acceptors (Lipinski definition) is 10. The van der Waals surface area contributed by atoms with Gasteiger partial charge in [-0.05, 0) is 43.5 Å². The molecule has 0 amide bonds. The molecule has 0 aliphatic heterocycles. The Morgan fingerprint density at radius 3 is 1.67 bits per heavy atom. The number of ketones is 2. The quantitative estimate of drug-likeness (QED) is 0.0486. The first-order valence-electron chi connectivity index (χ1n) is 14.6. The van der Waals surface area contributed by atoms with Crippen molar-refractivity contribution in [3.63, 3.8) is 0 Å². The topological polar surface area (TPSA) is 160 Å². The van der Waals surface area contributed by atoms with Crippen LogP contribution >= 0.6 is 0 Å². The van der Waals surface area contributed by atoms with E-state index < -0.39 is 28.0 Å². The first-order chi connectivity index (χ1) is 20.7. The molecule has 0 fully saturated rings. The predicted octanol–water partition coefficient (Wildman–Crippen LogP) is 7.09. The van der Waals surface area contributed by atoms with Gasteiger partial charge in [-0.3, -0.25) is 19.7 Å². The van der Waals surface area contributed by atoms with Gasteiger partial charge in [0.2, 0.25) is 11.6 Å². The van der Waals surface area contributed by atoms with Crippen LogP contribution in [0.25, 0.3) is 0 Å². The van der Waals surface area contributed by atoms with Gasteiger partial charge in [0, 0.05) is 24.4 Å². The van der Waals surface area contributed by atoms with Gasteiger partial charge in [0.25, 0.3) is 5.69 Å². The van der Waals surface area contributed by atoms with Gasteiger partial charge in [0.05, 0.1) is 40.4 Å². The summed E-state index contributed by atoms with van der Waals surface area (Å²) in [4.78, 5) is 39.1. The lowest BCUT2D eigenvalue weighted by molar-refractivity contribution is -0.384. The average Bonchev–Trinajstić information content (AvgIpc) is 2.99. The number of rotatable bonds is 15. The van der Waals surface area contributed by atoms with Gasteiger partial charge in [0.1, 0.15) is 22.9 Å². The number of fused-ring (bicyclic) bond motifs is 2. The Kier molecular flexibility index (Phi) is 10.1. The molecule has 4 rings (SSSR count). The molecule has 0 saturated carbocycles. The highest BCUT2D eigenvalue weighted by atomic mass is 16.6. The van der Waals surface area contributed by atoms with E-state index in [9.17, 15) is 29.9 Å². The van der Waals surface area contributed by atoms with Gasteiger partial charge in [0.15, 0.2) is 11.5 Å². The highest BCUT2D eigenvalue weighted by Crippen LogP contribution is 2.52. The number of phenols is 2. The lowest BCUT2D eigenvalue weighted by atomic mass is 9.81. The van der Waals surface area contributed by atoms with Crippen molar-refractivity contribution >= 4 is 34.3 Å². The summed E-state index contributed by atoms with van der Waals surface area (Å²) < 4.78 is 12.5. The zero-order valence-electron chi connectivity index (χ0n) is 24.6. The van der Waals surface area contributed by atoms with E-state index in [1.807, 2.05) is 20.8 Å². The van der Waals surface area contributed by atoms with Crippen LogP contribution in [0.1, 0.15) is 91.1 Å². The third kappa shape index (κ3) is 6.35. The molecule has 0 aromatic heterocycles. The summed E-state index contributed by atoms with van der Waals surface area (Å²) in [6, 6.07) is 8.11. The summed E-state index contributed by atoms with van der Waals surface area (Å²) in [5.41, 5.74) is 0.319. The highest BCUT2D eigenvalue weighted by molar-refractivity contribution is 6.33. The van der Waals surface area contributed by atoms with E-state index in [2.05, 4.69) is 10.6 Å². The molecular formula is C32H37N3O8. The lowest BCUT2D eigenvalue weighted by Gasteiger charge is -2.29. The maximum atomic E-state index is 14.2. The molecule has 3 aromatic carbocycles. The van der Waals surface area contributed by atoms with E-state index >= 15 is 0 Å². The maximum Gasteiger partial charge on any atom is 0.269 e. The zero-order chi connectivity index (χ0) is 31.1. The molecule has 0 heterocycles. The Hall–Kier alpha value is -4.80. The normalized spacial score (nSPS) is 12.0. The number of carbonyl (C=O) groups is 2. The molecule has 11 nitrogen and oxygen atoms in total. The number of nitro benzene ring substituents is 1. The molecule has 1 aliphatic rings. The fourth-order valence-electron chi connectivity index (χ4n) is 4.84. The third-order valence-corrected chi connectivity index (χ3v) is 7.15. The maximum absolute atomic E-state index is 14.2. The SMILES string of the molecule is CCCCNc1c(Nc2ccc([N+](=O)[O-])cc2)c(OCCCC)c2c(c1OCCCC)C(=O)c1c(O)ccc(O)c1C2=O. The number of nitro groups is 1. The summed E-state index contributed by atoms with van der Waals surface area (Å²) in [7, 11) is 0. The number of ether oxygens (including phenoxy) is 2. The number of non-ortho nitro benzene ring substituents is 1. The van der Waals surface area contributed by atoms with Crippen molar-refractivity contribution in [1.82, 2.24) is 0 Å². The number of carbonyl (C=O) groups excluding carboxylic acids is 2. The van der Waals surface area contributed by atoms with Crippen molar-refractivity contribution in [3.8, 4) is 23.0 Å². The van der Waals surface area contributed by atoms with Crippen LogP contribution in [0.3, 0.4) is 0 Å². The van der Waals surface area contributed by atoms with Gasteiger partial charge in [-0.2, -0.15) is 0 Å². The molecular weight excluding hydrogens is 554 g/mol. The predicted molar refractivity (Wildman–Crippen MR) is 164 cm³/mol. The van der Waals surface area contributed by atoms with Crippen molar-refractivity contribution in [2.24, 2.45) is 0 Å². The Morgan fingerprint density at radius 1 is 0.721 bits per heavy atom. The van der Waals surface area contributed by atoms with E-state index in [0.29, 0.717) is 36.4 Å². The van der Waals surface area contributed by atoms with Crippen LogP contribution in [0, 0.1) is 10.1 Å². The van der Waals surface area contributed by atoms with Gasteiger partial charge in [-0.25, -0.2) is 0 Å². The van der Waals surface area contributed by atoms with Crippen LogP contribution in [0.4, 0.5) is 22.7 Å². The molecule has 0 radical (unpaired) electrons. The number of anilines is 3. The number of nitrogens with zero attached hydrogens (tertiary/aromatic N) is 1.